The normalized spacial score (nSPS) is 18.6. The molecule has 18 heavy (non-hydrogen) atoms. The molecule has 1 aliphatic heterocycles. The number of hydrogen-bond donors (Lipinski definition) is 2. The molecule has 0 aliphatic carbocycles. The van der Waals surface area contributed by atoms with Gasteiger partial charge in [0.15, 0.2) is 0 Å². The van der Waals surface area contributed by atoms with Crippen molar-refractivity contribution in [2.24, 2.45) is 0 Å². The number of likely N-dealkylation sites (N-methyl/N-ethyl adjacent to an activating group) is 2. The standard InChI is InChI=1S/C11H19N3O4/c1-3-12-9(15)7-13(2)11(18)14-6-4-5-8(14)10(16)17/h8H,3-7H2,1-2H3,(H,12,15)(H,16,17)/t8-/m0/s1. The first-order valence-corrected chi connectivity index (χ1v) is 5.98. The highest BCUT2D eigenvalue weighted by Crippen LogP contribution is 2.18. The third-order valence-corrected chi connectivity index (χ3v) is 2.86. The Kier molecular flexibility index (Phi) is 4.94. The number of aliphatic carboxylic acids is 1. The van der Waals surface area contributed by atoms with Crippen molar-refractivity contribution in [3.8, 4) is 0 Å². The molecule has 0 spiro atoms. The minimum atomic E-state index is -0.993. The summed E-state index contributed by atoms with van der Waals surface area (Å²) in [6.45, 7) is 2.66. The zero-order chi connectivity index (χ0) is 13.7. The Morgan fingerprint density at radius 2 is 2.11 bits per heavy atom. The molecule has 1 aliphatic rings. The molecule has 1 saturated heterocycles. The van der Waals surface area contributed by atoms with Gasteiger partial charge in [-0.1, -0.05) is 0 Å². The summed E-state index contributed by atoms with van der Waals surface area (Å²) in [5, 5.41) is 11.6. The predicted octanol–water partition coefficient (Wildman–Crippen LogP) is -0.277. The summed E-state index contributed by atoms with van der Waals surface area (Å²) in [5.74, 6) is -1.24. The topological polar surface area (TPSA) is 90.0 Å². The molecule has 7 heteroatoms. The van der Waals surface area contributed by atoms with Gasteiger partial charge in [0.1, 0.15) is 12.6 Å². The van der Waals surface area contributed by atoms with Crippen LogP contribution in [-0.4, -0.2) is 65.5 Å². The minimum absolute atomic E-state index is 0.0600. The van der Waals surface area contributed by atoms with E-state index in [1.807, 2.05) is 0 Å². The Morgan fingerprint density at radius 3 is 2.67 bits per heavy atom. The van der Waals surface area contributed by atoms with Gasteiger partial charge in [0, 0.05) is 20.1 Å². The zero-order valence-corrected chi connectivity index (χ0v) is 10.7. The lowest BCUT2D eigenvalue weighted by molar-refractivity contribution is -0.141. The van der Waals surface area contributed by atoms with E-state index in [0.29, 0.717) is 25.9 Å². The van der Waals surface area contributed by atoms with E-state index < -0.39 is 18.0 Å². The minimum Gasteiger partial charge on any atom is -0.480 e. The fourth-order valence-corrected chi connectivity index (χ4v) is 2.01. The summed E-state index contributed by atoms with van der Waals surface area (Å²) in [6.07, 6.45) is 1.15. The number of amides is 3. The fraction of sp³-hybridized carbons (Fsp3) is 0.727. The second-order valence-electron chi connectivity index (χ2n) is 4.28. The Hall–Kier alpha value is -1.79. The summed E-state index contributed by atoms with van der Waals surface area (Å²) in [6, 6.07) is -1.18. The smallest absolute Gasteiger partial charge is 0.326 e. The van der Waals surface area contributed by atoms with E-state index in [1.165, 1.54) is 16.8 Å². The molecule has 1 fully saturated rings. The van der Waals surface area contributed by atoms with Crippen molar-refractivity contribution in [3.63, 3.8) is 0 Å². The molecule has 0 aromatic carbocycles. The Bertz CT molecular complexity index is 345. The van der Waals surface area contributed by atoms with E-state index in [0.717, 1.165) is 0 Å². The summed E-state index contributed by atoms with van der Waals surface area (Å²) in [4.78, 5) is 36.9. The van der Waals surface area contributed by atoms with Crippen LogP contribution in [0.5, 0.6) is 0 Å². The third kappa shape index (κ3) is 3.35. The average Bonchev–Trinajstić information content (AvgIpc) is 2.76. The van der Waals surface area contributed by atoms with Crippen molar-refractivity contribution in [2.75, 3.05) is 26.7 Å². The van der Waals surface area contributed by atoms with Crippen LogP contribution >= 0.6 is 0 Å². The number of likely N-dealkylation sites (tertiary alicyclic amines) is 1. The van der Waals surface area contributed by atoms with Crippen molar-refractivity contribution < 1.29 is 19.5 Å². The number of urea groups is 1. The monoisotopic (exact) mass is 257 g/mol. The van der Waals surface area contributed by atoms with E-state index in [2.05, 4.69) is 5.32 Å². The van der Waals surface area contributed by atoms with Crippen molar-refractivity contribution in [2.45, 2.75) is 25.8 Å². The van der Waals surface area contributed by atoms with Crippen LogP contribution in [0.15, 0.2) is 0 Å². The second kappa shape index (κ2) is 6.23. The van der Waals surface area contributed by atoms with Crippen LogP contribution in [0.2, 0.25) is 0 Å². The van der Waals surface area contributed by atoms with Gasteiger partial charge < -0.3 is 20.2 Å². The first-order chi connectivity index (χ1) is 8.47. The second-order valence-corrected chi connectivity index (χ2v) is 4.28. The number of carbonyl (C=O) groups excluding carboxylic acids is 2. The van der Waals surface area contributed by atoms with Gasteiger partial charge in [-0.05, 0) is 19.8 Å². The fourth-order valence-electron chi connectivity index (χ4n) is 2.01. The van der Waals surface area contributed by atoms with Gasteiger partial charge in [0.05, 0.1) is 0 Å². The first-order valence-electron chi connectivity index (χ1n) is 5.98. The van der Waals surface area contributed by atoms with Gasteiger partial charge in [-0.2, -0.15) is 0 Å². The lowest BCUT2D eigenvalue weighted by Crippen LogP contribution is -2.49. The van der Waals surface area contributed by atoms with Gasteiger partial charge >= 0.3 is 12.0 Å². The highest BCUT2D eigenvalue weighted by atomic mass is 16.4. The highest BCUT2D eigenvalue weighted by Gasteiger charge is 2.35. The summed E-state index contributed by atoms with van der Waals surface area (Å²) in [5.41, 5.74) is 0. The van der Waals surface area contributed by atoms with Crippen LogP contribution in [0, 0.1) is 0 Å². The van der Waals surface area contributed by atoms with Crippen LogP contribution < -0.4 is 5.32 Å². The summed E-state index contributed by atoms with van der Waals surface area (Å²) < 4.78 is 0. The van der Waals surface area contributed by atoms with Crippen LogP contribution in [-0.2, 0) is 9.59 Å². The predicted molar refractivity (Wildman–Crippen MR) is 64.1 cm³/mol. The van der Waals surface area contributed by atoms with Gasteiger partial charge in [-0.25, -0.2) is 9.59 Å². The van der Waals surface area contributed by atoms with Gasteiger partial charge in [-0.15, -0.1) is 0 Å². The summed E-state index contributed by atoms with van der Waals surface area (Å²) >= 11 is 0. The van der Waals surface area contributed by atoms with Crippen molar-refractivity contribution in [1.29, 1.82) is 0 Å². The maximum Gasteiger partial charge on any atom is 0.326 e. The molecule has 3 amide bonds. The molecule has 0 radical (unpaired) electrons. The molecule has 1 rings (SSSR count). The third-order valence-electron chi connectivity index (χ3n) is 2.86. The van der Waals surface area contributed by atoms with Gasteiger partial charge in [-0.3, -0.25) is 4.79 Å². The van der Waals surface area contributed by atoms with Crippen LogP contribution in [0.25, 0.3) is 0 Å². The molecule has 0 saturated carbocycles. The molecule has 2 N–H and O–H groups in total. The lowest BCUT2D eigenvalue weighted by atomic mass is 10.2. The zero-order valence-electron chi connectivity index (χ0n) is 10.7. The van der Waals surface area contributed by atoms with Gasteiger partial charge in [0.2, 0.25) is 5.91 Å². The van der Waals surface area contributed by atoms with E-state index in [-0.39, 0.29) is 12.5 Å². The van der Waals surface area contributed by atoms with Crippen LogP contribution in [0.4, 0.5) is 4.79 Å². The quantitative estimate of drug-likeness (QED) is 0.725. The molecule has 0 unspecified atom stereocenters. The number of nitrogens with zero attached hydrogens (tertiary/aromatic N) is 2. The highest BCUT2D eigenvalue weighted by molar-refractivity contribution is 5.86. The number of rotatable bonds is 4. The molecule has 0 aromatic rings. The van der Waals surface area contributed by atoms with Crippen molar-refractivity contribution in [1.82, 2.24) is 15.1 Å². The molecule has 102 valence electrons. The van der Waals surface area contributed by atoms with E-state index in [9.17, 15) is 14.4 Å². The lowest BCUT2D eigenvalue weighted by Gasteiger charge is -2.27. The molecule has 1 heterocycles. The van der Waals surface area contributed by atoms with Crippen LogP contribution in [0.3, 0.4) is 0 Å². The number of nitrogens with one attached hydrogen (secondary N) is 1. The van der Waals surface area contributed by atoms with E-state index in [4.69, 9.17) is 5.11 Å². The molecular formula is C11H19N3O4. The molecule has 0 bridgehead atoms. The van der Waals surface area contributed by atoms with Crippen LogP contribution in [0.1, 0.15) is 19.8 Å². The summed E-state index contributed by atoms with van der Waals surface area (Å²) in [7, 11) is 1.49. The largest absolute Gasteiger partial charge is 0.480 e. The maximum atomic E-state index is 12.0. The number of hydrogen-bond acceptors (Lipinski definition) is 3. The maximum absolute atomic E-state index is 12.0. The number of carboxylic acids is 1. The molecule has 0 aromatic heterocycles. The van der Waals surface area contributed by atoms with Crippen molar-refractivity contribution >= 4 is 17.9 Å². The molecular weight excluding hydrogens is 238 g/mol. The van der Waals surface area contributed by atoms with E-state index >= 15 is 0 Å². The molecule has 7 nitrogen and oxygen atoms in total. The Balaban J connectivity index is 2.57. The molecule has 1 atom stereocenters. The SMILES string of the molecule is CCNC(=O)CN(C)C(=O)N1CCC[C@H]1C(=O)O. The van der Waals surface area contributed by atoms with Gasteiger partial charge in [0.25, 0.3) is 0 Å². The first kappa shape index (κ1) is 14.3. The average molecular weight is 257 g/mol. The van der Waals surface area contributed by atoms with E-state index in [1.54, 1.807) is 6.92 Å². The van der Waals surface area contributed by atoms with Crippen molar-refractivity contribution in [3.05, 3.63) is 0 Å². The Morgan fingerprint density at radius 1 is 1.44 bits per heavy atom. The number of carbonyl (C=O) groups is 3. The Labute approximate surface area is 106 Å². The number of carboxylic acid groups (broad SMARTS) is 1.